The molecule has 1 fully saturated rings. The van der Waals surface area contributed by atoms with Crippen LogP contribution in [0, 0.1) is 5.92 Å². The van der Waals surface area contributed by atoms with Crippen LogP contribution >= 0.6 is 0 Å². The number of ether oxygens (including phenoxy) is 1. The first kappa shape index (κ1) is 13.0. The molecule has 2 amide bonds. The van der Waals surface area contributed by atoms with Gasteiger partial charge >= 0.3 is 6.09 Å². The first-order valence-corrected chi connectivity index (χ1v) is 5.47. The fraction of sp³-hybridized carbons (Fsp3) is 0.818. The van der Waals surface area contributed by atoms with Crippen LogP contribution in [-0.4, -0.2) is 40.8 Å². The molecule has 1 aliphatic rings. The quantitative estimate of drug-likeness (QED) is 0.771. The van der Waals surface area contributed by atoms with Crippen molar-refractivity contribution >= 4 is 12.0 Å². The lowest BCUT2D eigenvalue weighted by molar-refractivity contribution is -0.127. The number of imide groups is 1. The van der Waals surface area contributed by atoms with E-state index in [9.17, 15) is 9.59 Å². The van der Waals surface area contributed by atoms with Crippen LogP contribution in [0.5, 0.6) is 0 Å². The van der Waals surface area contributed by atoms with Crippen LogP contribution in [0.15, 0.2) is 0 Å². The van der Waals surface area contributed by atoms with E-state index < -0.39 is 11.7 Å². The lowest BCUT2D eigenvalue weighted by atomic mass is 10.1. The first-order valence-electron chi connectivity index (χ1n) is 5.47. The van der Waals surface area contributed by atoms with Crippen molar-refractivity contribution in [1.82, 2.24) is 4.90 Å². The molecule has 0 spiro atoms. The molecule has 16 heavy (non-hydrogen) atoms. The number of likely N-dealkylation sites (tertiary alicyclic amines) is 1. The van der Waals surface area contributed by atoms with Gasteiger partial charge in [-0.1, -0.05) is 0 Å². The van der Waals surface area contributed by atoms with E-state index in [0.717, 1.165) is 4.90 Å². The lowest BCUT2D eigenvalue weighted by Crippen LogP contribution is -2.37. The van der Waals surface area contributed by atoms with Gasteiger partial charge in [0.25, 0.3) is 0 Å². The molecule has 1 N–H and O–H groups in total. The van der Waals surface area contributed by atoms with Crippen LogP contribution < -0.4 is 0 Å². The van der Waals surface area contributed by atoms with Crippen molar-refractivity contribution in [3.05, 3.63) is 0 Å². The van der Waals surface area contributed by atoms with Crippen LogP contribution in [0.2, 0.25) is 0 Å². The minimum Gasteiger partial charge on any atom is -0.443 e. The minimum absolute atomic E-state index is 0.0418. The summed E-state index contributed by atoms with van der Waals surface area (Å²) in [5.41, 5.74) is -0.591. The molecule has 5 nitrogen and oxygen atoms in total. The van der Waals surface area contributed by atoms with Crippen LogP contribution in [0.1, 0.15) is 33.6 Å². The SMILES string of the molecule is CC(C)(C)OC(=O)N1C[C@H](CCO)CC1=O. The molecular formula is C11H19NO4. The van der Waals surface area contributed by atoms with Gasteiger partial charge in [0.05, 0.1) is 0 Å². The molecule has 1 saturated heterocycles. The summed E-state index contributed by atoms with van der Waals surface area (Å²) in [5, 5.41) is 8.78. The summed E-state index contributed by atoms with van der Waals surface area (Å²) in [6.07, 6.45) is 0.281. The average molecular weight is 229 g/mol. The smallest absolute Gasteiger partial charge is 0.417 e. The van der Waals surface area contributed by atoms with E-state index in [1.54, 1.807) is 20.8 Å². The van der Waals surface area contributed by atoms with E-state index in [4.69, 9.17) is 9.84 Å². The Morgan fingerprint density at radius 2 is 2.19 bits per heavy atom. The van der Waals surface area contributed by atoms with Crippen LogP contribution in [0.4, 0.5) is 4.79 Å². The molecular weight excluding hydrogens is 210 g/mol. The van der Waals surface area contributed by atoms with Gasteiger partial charge in [-0.25, -0.2) is 9.69 Å². The maximum atomic E-state index is 11.6. The fourth-order valence-corrected chi connectivity index (χ4v) is 1.65. The van der Waals surface area contributed by atoms with E-state index in [1.807, 2.05) is 0 Å². The topological polar surface area (TPSA) is 66.8 Å². The van der Waals surface area contributed by atoms with Crippen molar-refractivity contribution in [2.75, 3.05) is 13.2 Å². The predicted octanol–water partition coefficient (Wildman–Crippen LogP) is 1.15. The second-order valence-electron chi connectivity index (χ2n) is 5.07. The average Bonchev–Trinajstić information content (AvgIpc) is 2.44. The van der Waals surface area contributed by atoms with E-state index in [1.165, 1.54) is 0 Å². The van der Waals surface area contributed by atoms with Gasteiger partial charge in [0, 0.05) is 19.6 Å². The highest BCUT2D eigenvalue weighted by molar-refractivity contribution is 5.93. The predicted molar refractivity (Wildman–Crippen MR) is 57.8 cm³/mol. The van der Waals surface area contributed by atoms with Crippen molar-refractivity contribution in [3.8, 4) is 0 Å². The highest BCUT2D eigenvalue weighted by Gasteiger charge is 2.35. The first-order chi connectivity index (χ1) is 7.33. The molecule has 0 aliphatic carbocycles. The van der Waals surface area contributed by atoms with Crippen LogP contribution in [-0.2, 0) is 9.53 Å². The van der Waals surface area contributed by atoms with E-state index in [2.05, 4.69) is 0 Å². The van der Waals surface area contributed by atoms with Gasteiger partial charge < -0.3 is 9.84 Å². The highest BCUT2D eigenvalue weighted by Crippen LogP contribution is 2.22. The van der Waals surface area contributed by atoms with Gasteiger partial charge in [-0.2, -0.15) is 0 Å². The number of carbonyl (C=O) groups is 2. The van der Waals surface area contributed by atoms with Gasteiger partial charge in [-0.05, 0) is 33.1 Å². The van der Waals surface area contributed by atoms with E-state index in [-0.39, 0.29) is 18.4 Å². The minimum atomic E-state index is -0.591. The summed E-state index contributed by atoms with van der Waals surface area (Å²) in [5.74, 6) is -0.155. The molecule has 92 valence electrons. The Morgan fingerprint density at radius 3 is 2.69 bits per heavy atom. The van der Waals surface area contributed by atoms with Gasteiger partial charge in [0.15, 0.2) is 0 Å². The Morgan fingerprint density at radius 1 is 1.56 bits per heavy atom. The zero-order chi connectivity index (χ0) is 12.3. The summed E-state index contributed by atoms with van der Waals surface area (Å²) in [7, 11) is 0. The maximum absolute atomic E-state index is 11.6. The monoisotopic (exact) mass is 229 g/mol. The molecule has 1 rings (SSSR count). The van der Waals surface area contributed by atoms with Crippen molar-refractivity contribution in [3.63, 3.8) is 0 Å². The molecule has 0 unspecified atom stereocenters. The summed E-state index contributed by atoms with van der Waals surface area (Å²) in [6.45, 7) is 5.68. The number of hydrogen-bond acceptors (Lipinski definition) is 4. The van der Waals surface area contributed by atoms with Gasteiger partial charge in [-0.3, -0.25) is 4.79 Å². The summed E-state index contributed by atoms with van der Waals surface area (Å²) >= 11 is 0. The van der Waals surface area contributed by atoms with Gasteiger partial charge in [0.2, 0.25) is 5.91 Å². The fourth-order valence-electron chi connectivity index (χ4n) is 1.65. The van der Waals surface area contributed by atoms with Crippen LogP contribution in [0.3, 0.4) is 0 Å². The number of aliphatic hydroxyl groups is 1. The summed E-state index contributed by atoms with van der Waals surface area (Å²) < 4.78 is 5.12. The Balaban J connectivity index is 2.55. The summed E-state index contributed by atoms with van der Waals surface area (Å²) in [6, 6.07) is 0. The molecule has 0 radical (unpaired) electrons. The Hall–Kier alpha value is -1.10. The number of hydrogen-bond donors (Lipinski definition) is 1. The molecule has 0 aromatic carbocycles. The van der Waals surface area contributed by atoms with E-state index >= 15 is 0 Å². The van der Waals surface area contributed by atoms with Crippen molar-refractivity contribution in [2.24, 2.45) is 5.92 Å². The third kappa shape index (κ3) is 3.48. The number of nitrogens with zero attached hydrogens (tertiary/aromatic N) is 1. The molecule has 0 bridgehead atoms. The lowest BCUT2D eigenvalue weighted by Gasteiger charge is -2.23. The third-order valence-corrected chi connectivity index (χ3v) is 2.36. The standard InChI is InChI=1S/C11H19NO4/c1-11(2,3)16-10(15)12-7-8(4-5-13)6-9(12)14/h8,13H,4-7H2,1-3H3/t8-/m1/s1. The Kier molecular flexibility index (Phi) is 3.91. The summed E-state index contributed by atoms with van der Waals surface area (Å²) in [4.78, 5) is 24.3. The van der Waals surface area contributed by atoms with Crippen molar-refractivity contribution in [1.29, 1.82) is 0 Å². The molecule has 1 aliphatic heterocycles. The highest BCUT2D eigenvalue weighted by atomic mass is 16.6. The number of aliphatic hydroxyl groups excluding tert-OH is 1. The molecule has 1 atom stereocenters. The number of carbonyl (C=O) groups excluding carboxylic acids is 2. The van der Waals surface area contributed by atoms with Crippen molar-refractivity contribution in [2.45, 2.75) is 39.2 Å². The zero-order valence-electron chi connectivity index (χ0n) is 10.0. The molecule has 0 aromatic rings. The molecule has 0 aromatic heterocycles. The molecule has 0 saturated carbocycles. The van der Waals surface area contributed by atoms with Gasteiger partial charge in [0.1, 0.15) is 5.60 Å². The third-order valence-electron chi connectivity index (χ3n) is 2.36. The number of rotatable bonds is 2. The number of amides is 2. The van der Waals surface area contributed by atoms with Crippen molar-refractivity contribution < 1.29 is 19.4 Å². The Bertz CT molecular complexity index is 282. The second-order valence-corrected chi connectivity index (χ2v) is 5.07. The zero-order valence-corrected chi connectivity index (χ0v) is 10.0. The molecule has 5 heteroatoms. The second kappa shape index (κ2) is 4.82. The maximum Gasteiger partial charge on any atom is 0.417 e. The molecule has 1 heterocycles. The Labute approximate surface area is 95.4 Å². The van der Waals surface area contributed by atoms with Gasteiger partial charge in [-0.15, -0.1) is 0 Å². The normalized spacial score (nSPS) is 21.4. The van der Waals surface area contributed by atoms with E-state index in [0.29, 0.717) is 19.4 Å². The van der Waals surface area contributed by atoms with Crippen LogP contribution in [0.25, 0.3) is 0 Å². The largest absolute Gasteiger partial charge is 0.443 e.